The van der Waals surface area contributed by atoms with E-state index in [1.165, 1.54) is 12.4 Å². The molecule has 1 heterocycles. The minimum atomic E-state index is -0.603. The highest BCUT2D eigenvalue weighted by molar-refractivity contribution is 5.96. The molecule has 94 valence electrons. The van der Waals surface area contributed by atoms with Crippen molar-refractivity contribution in [1.29, 1.82) is 0 Å². The number of amides is 1. The molecule has 7 nitrogen and oxygen atoms in total. The van der Waals surface area contributed by atoms with Crippen LogP contribution in [0.1, 0.15) is 23.1 Å². The molecule has 0 aliphatic heterocycles. The molecule has 0 atom stereocenters. The Kier molecular flexibility index (Phi) is 4.70. The largest absolute Gasteiger partial charge is 0.382 e. The van der Waals surface area contributed by atoms with Gasteiger partial charge in [-0.25, -0.2) is 15.8 Å². The number of carbonyl (C=O) groups excluding carboxylic acids is 1. The molecular formula is C11H14N6O. The van der Waals surface area contributed by atoms with Crippen LogP contribution in [0.3, 0.4) is 0 Å². The summed E-state index contributed by atoms with van der Waals surface area (Å²) in [4.78, 5) is 23.1. The summed E-state index contributed by atoms with van der Waals surface area (Å²) in [6, 6.07) is 0. The Hall–Kier alpha value is -2.54. The van der Waals surface area contributed by atoms with Crippen molar-refractivity contribution in [2.75, 3.05) is 5.73 Å². The second-order valence-corrected chi connectivity index (χ2v) is 3.23. The number of aromatic nitrogens is 2. The van der Waals surface area contributed by atoms with E-state index in [4.69, 9.17) is 11.6 Å². The van der Waals surface area contributed by atoms with Crippen molar-refractivity contribution < 1.29 is 4.79 Å². The van der Waals surface area contributed by atoms with Gasteiger partial charge in [-0.3, -0.25) is 15.2 Å². The SMILES string of the molecule is C=N/C=C(\C=C/C)c1cnc(N)c(C(=O)NN)n1. The zero-order chi connectivity index (χ0) is 13.5. The number of aliphatic imine (C=N–C) groups is 1. The number of nitrogens with zero attached hydrogens (tertiary/aromatic N) is 3. The predicted octanol–water partition coefficient (Wildman–Crippen LogP) is 0.280. The summed E-state index contributed by atoms with van der Waals surface area (Å²) in [6.07, 6.45) is 6.51. The maximum atomic E-state index is 11.4. The van der Waals surface area contributed by atoms with Crippen molar-refractivity contribution >= 4 is 24.0 Å². The highest BCUT2D eigenvalue weighted by Crippen LogP contribution is 2.15. The average Bonchev–Trinajstić information content (AvgIpc) is 2.38. The van der Waals surface area contributed by atoms with Crippen LogP contribution < -0.4 is 17.0 Å². The van der Waals surface area contributed by atoms with Gasteiger partial charge in [0.05, 0.1) is 11.9 Å². The van der Waals surface area contributed by atoms with Gasteiger partial charge in [0.25, 0.3) is 5.91 Å². The van der Waals surface area contributed by atoms with Gasteiger partial charge in [0.2, 0.25) is 0 Å². The third kappa shape index (κ3) is 2.98. The fourth-order valence-corrected chi connectivity index (χ4v) is 1.25. The summed E-state index contributed by atoms with van der Waals surface area (Å²) < 4.78 is 0. The number of nitrogen functional groups attached to an aromatic ring is 2. The normalized spacial score (nSPS) is 11.6. The third-order valence-electron chi connectivity index (χ3n) is 2.02. The molecule has 1 aromatic rings. The van der Waals surface area contributed by atoms with Gasteiger partial charge >= 0.3 is 0 Å². The first kappa shape index (κ1) is 13.5. The maximum Gasteiger partial charge on any atom is 0.287 e. The molecule has 0 saturated heterocycles. The van der Waals surface area contributed by atoms with E-state index in [1.54, 1.807) is 12.2 Å². The molecule has 0 saturated carbocycles. The van der Waals surface area contributed by atoms with Crippen LogP contribution in [0.5, 0.6) is 0 Å². The van der Waals surface area contributed by atoms with Gasteiger partial charge in [-0.2, -0.15) is 0 Å². The van der Waals surface area contributed by atoms with Crippen LogP contribution in [-0.4, -0.2) is 22.6 Å². The van der Waals surface area contributed by atoms with E-state index in [2.05, 4.69) is 21.7 Å². The second kappa shape index (κ2) is 6.26. The van der Waals surface area contributed by atoms with E-state index in [9.17, 15) is 4.79 Å². The number of allylic oxidation sites excluding steroid dienone is 3. The fourth-order valence-electron chi connectivity index (χ4n) is 1.25. The Bertz CT molecular complexity index is 520. The van der Waals surface area contributed by atoms with Crippen molar-refractivity contribution in [2.24, 2.45) is 10.8 Å². The fraction of sp³-hybridized carbons (Fsp3) is 0.0909. The van der Waals surface area contributed by atoms with E-state index in [0.717, 1.165) is 0 Å². The zero-order valence-electron chi connectivity index (χ0n) is 9.92. The number of anilines is 1. The van der Waals surface area contributed by atoms with Crippen molar-refractivity contribution in [1.82, 2.24) is 15.4 Å². The minimum Gasteiger partial charge on any atom is -0.382 e. The van der Waals surface area contributed by atoms with Crippen LogP contribution in [0.15, 0.2) is 29.5 Å². The molecule has 0 fully saturated rings. The molecule has 0 bridgehead atoms. The van der Waals surface area contributed by atoms with E-state index in [0.29, 0.717) is 11.3 Å². The highest BCUT2D eigenvalue weighted by atomic mass is 16.2. The first-order valence-electron chi connectivity index (χ1n) is 5.06. The number of rotatable bonds is 4. The smallest absolute Gasteiger partial charge is 0.287 e. The van der Waals surface area contributed by atoms with Gasteiger partial charge in [0.15, 0.2) is 11.5 Å². The van der Waals surface area contributed by atoms with Crippen LogP contribution in [0.4, 0.5) is 5.82 Å². The van der Waals surface area contributed by atoms with E-state index in [-0.39, 0.29) is 11.5 Å². The molecule has 1 rings (SSSR count). The molecule has 18 heavy (non-hydrogen) atoms. The highest BCUT2D eigenvalue weighted by Gasteiger charge is 2.13. The second-order valence-electron chi connectivity index (χ2n) is 3.23. The topological polar surface area (TPSA) is 119 Å². The Morgan fingerprint density at radius 3 is 2.89 bits per heavy atom. The number of hydrazine groups is 1. The zero-order valence-corrected chi connectivity index (χ0v) is 9.92. The number of carbonyl (C=O) groups is 1. The summed E-state index contributed by atoms with van der Waals surface area (Å²) in [5.41, 5.74) is 8.59. The van der Waals surface area contributed by atoms with Gasteiger partial charge in [-0.1, -0.05) is 12.2 Å². The van der Waals surface area contributed by atoms with Gasteiger partial charge < -0.3 is 5.73 Å². The van der Waals surface area contributed by atoms with Gasteiger partial charge in [-0.15, -0.1) is 0 Å². The van der Waals surface area contributed by atoms with Crippen molar-refractivity contribution in [3.05, 3.63) is 35.9 Å². The quantitative estimate of drug-likeness (QED) is 0.232. The number of nitrogens with one attached hydrogen (secondary N) is 1. The number of hydrogen-bond donors (Lipinski definition) is 3. The predicted molar refractivity (Wildman–Crippen MR) is 70.4 cm³/mol. The van der Waals surface area contributed by atoms with E-state index in [1.807, 2.05) is 12.3 Å². The Morgan fingerprint density at radius 1 is 1.61 bits per heavy atom. The van der Waals surface area contributed by atoms with Crippen LogP contribution >= 0.6 is 0 Å². The molecule has 0 aliphatic rings. The molecule has 1 aromatic heterocycles. The first-order chi connectivity index (χ1) is 8.63. The number of nitrogens with two attached hydrogens (primary N) is 2. The summed E-state index contributed by atoms with van der Waals surface area (Å²) in [5, 5.41) is 0. The third-order valence-corrected chi connectivity index (χ3v) is 2.02. The lowest BCUT2D eigenvalue weighted by atomic mass is 10.2. The van der Waals surface area contributed by atoms with Crippen LogP contribution in [0.25, 0.3) is 5.57 Å². The Labute approximate surface area is 104 Å². The standard InChI is InChI=1S/C11H14N6O/c1-3-4-7(5-14-2)8-6-15-10(12)9(16-8)11(18)17-13/h3-6H,2,13H2,1H3,(H2,12,15)(H,17,18)/b4-3-,7-5+. The minimum absolute atomic E-state index is 0.00749. The first-order valence-corrected chi connectivity index (χ1v) is 5.06. The number of hydrogen-bond acceptors (Lipinski definition) is 6. The van der Waals surface area contributed by atoms with Gasteiger partial charge in [0, 0.05) is 11.8 Å². The van der Waals surface area contributed by atoms with E-state index >= 15 is 0 Å². The Balaban J connectivity index is 3.30. The van der Waals surface area contributed by atoms with Crippen molar-refractivity contribution in [2.45, 2.75) is 6.92 Å². The molecule has 0 spiro atoms. The van der Waals surface area contributed by atoms with Crippen LogP contribution in [0.2, 0.25) is 0 Å². The summed E-state index contributed by atoms with van der Waals surface area (Å²) in [6.45, 7) is 5.21. The summed E-state index contributed by atoms with van der Waals surface area (Å²) >= 11 is 0. The van der Waals surface area contributed by atoms with Crippen molar-refractivity contribution in [3.63, 3.8) is 0 Å². The Morgan fingerprint density at radius 2 is 2.33 bits per heavy atom. The molecule has 0 aliphatic carbocycles. The molecule has 1 amide bonds. The van der Waals surface area contributed by atoms with Crippen molar-refractivity contribution in [3.8, 4) is 0 Å². The average molecular weight is 246 g/mol. The summed E-state index contributed by atoms with van der Waals surface area (Å²) in [7, 11) is 0. The monoisotopic (exact) mass is 246 g/mol. The lowest BCUT2D eigenvalue weighted by molar-refractivity contribution is 0.0949. The van der Waals surface area contributed by atoms with Crippen LogP contribution in [0, 0.1) is 0 Å². The van der Waals surface area contributed by atoms with Gasteiger partial charge in [-0.05, 0) is 13.6 Å². The lowest BCUT2D eigenvalue weighted by Crippen LogP contribution is -2.31. The maximum absolute atomic E-state index is 11.4. The lowest BCUT2D eigenvalue weighted by Gasteiger charge is -2.05. The van der Waals surface area contributed by atoms with E-state index < -0.39 is 5.91 Å². The molecule has 5 N–H and O–H groups in total. The van der Waals surface area contributed by atoms with Crippen LogP contribution in [-0.2, 0) is 0 Å². The molecule has 0 radical (unpaired) electrons. The molecule has 0 unspecified atom stereocenters. The van der Waals surface area contributed by atoms with Gasteiger partial charge in [0.1, 0.15) is 0 Å². The summed E-state index contributed by atoms with van der Waals surface area (Å²) in [5.74, 6) is 4.44. The molecule has 0 aromatic carbocycles. The molecule has 7 heteroatoms. The molecular weight excluding hydrogens is 232 g/mol.